The van der Waals surface area contributed by atoms with Gasteiger partial charge < -0.3 is 0 Å². The SMILES string of the molecule is C[C@@H]1C[C@@H](C)CN(S(=O)(=O)c2cccc(Cl)c2Cl)C1. The van der Waals surface area contributed by atoms with Gasteiger partial charge in [0.1, 0.15) is 4.90 Å². The van der Waals surface area contributed by atoms with E-state index in [9.17, 15) is 8.42 Å². The van der Waals surface area contributed by atoms with Gasteiger partial charge in [-0.15, -0.1) is 0 Å². The van der Waals surface area contributed by atoms with E-state index in [1.165, 1.54) is 10.4 Å². The molecule has 0 radical (unpaired) electrons. The van der Waals surface area contributed by atoms with Crippen molar-refractivity contribution in [2.75, 3.05) is 13.1 Å². The van der Waals surface area contributed by atoms with Crippen LogP contribution in [0.15, 0.2) is 23.1 Å². The van der Waals surface area contributed by atoms with E-state index in [-0.39, 0.29) is 14.9 Å². The van der Waals surface area contributed by atoms with Gasteiger partial charge in [-0.25, -0.2) is 8.42 Å². The molecule has 0 amide bonds. The smallest absolute Gasteiger partial charge is 0.207 e. The van der Waals surface area contributed by atoms with Gasteiger partial charge in [-0.05, 0) is 30.4 Å². The Kier molecular flexibility index (Phi) is 4.45. The lowest BCUT2D eigenvalue weighted by molar-refractivity contribution is 0.222. The van der Waals surface area contributed by atoms with Crippen LogP contribution in [0.5, 0.6) is 0 Å². The topological polar surface area (TPSA) is 37.4 Å². The minimum Gasteiger partial charge on any atom is -0.207 e. The van der Waals surface area contributed by atoms with Gasteiger partial charge in [0.2, 0.25) is 10.0 Å². The Morgan fingerprint density at radius 3 is 2.32 bits per heavy atom. The molecule has 0 N–H and O–H groups in total. The first kappa shape index (κ1) is 15.1. The first-order valence-electron chi connectivity index (χ1n) is 6.26. The molecule has 19 heavy (non-hydrogen) atoms. The van der Waals surface area contributed by atoms with Gasteiger partial charge in [-0.2, -0.15) is 4.31 Å². The summed E-state index contributed by atoms with van der Waals surface area (Å²) < 4.78 is 26.8. The summed E-state index contributed by atoms with van der Waals surface area (Å²) in [6, 6.07) is 4.70. The fourth-order valence-electron chi connectivity index (χ4n) is 2.62. The van der Waals surface area contributed by atoms with Crippen LogP contribution in [-0.4, -0.2) is 25.8 Å². The molecule has 106 valence electrons. The maximum atomic E-state index is 12.6. The number of hydrogen-bond acceptors (Lipinski definition) is 2. The summed E-state index contributed by atoms with van der Waals surface area (Å²) in [7, 11) is -3.56. The Labute approximate surface area is 124 Å². The molecule has 1 saturated heterocycles. The highest BCUT2D eigenvalue weighted by atomic mass is 35.5. The molecule has 1 aromatic carbocycles. The van der Waals surface area contributed by atoms with Crippen LogP contribution in [0.2, 0.25) is 10.0 Å². The summed E-state index contributed by atoms with van der Waals surface area (Å²) in [5.74, 6) is 0.716. The molecule has 1 aliphatic heterocycles. The molecule has 0 bridgehead atoms. The maximum Gasteiger partial charge on any atom is 0.244 e. The number of benzene rings is 1. The van der Waals surface area contributed by atoms with Gasteiger partial charge in [0, 0.05) is 13.1 Å². The molecule has 0 saturated carbocycles. The monoisotopic (exact) mass is 321 g/mol. The molecule has 1 aliphatic rings. The van der Waals surface area contributed by atoms with E-state index in [1.54, 1.807) is 12.1 Å². The van der Waals surface area contributed by atoms with E-state index in [0.717, 1.165) is 6.42 Å². The van der Waals surface area contributed by atoms with Crippen molar-refractivity contribution in [2.45, 2.75) is 25.2 Å². The highest BCUT2D eigenvalue weighted by molar-refractivity contribution is 7.89. The van der Waals surface area contributed by atoms with Gasteiger partial charge in [0.15, 0.2) is 0 Å². The largest absolute Gasteiger partial charge is 0.244 e. The Bertz CT molecular complexity index is 564. The molecule has 3 nitrogen and oxygen atoms in total. The van der Waals surface area contributed by atoms with Crippen LogP contribution in [0.3, 0.4) is 0 Å². The first-order chi connectivity index (χ1) is 8.82. The van der Waals surface area contributed by atoms with E-state index < -0.39 is 10.0 Å². The van der Waals surface area contributed by atoms with Gasteiger partial charge >= 0.3 is 0 Å². The normalized spacial score (nSPS) is 25.5. The number of sulfonamides is 1. The molecule has 1 fully saturated rings. The summed E-state index contributed by atoms with van der Waals surface area (Å²) >= 11 is 11.9. The Morgan fingerprint density at radius 2 is 1.74 bits per heavy atom. The zero-order valence-corrected chi connectivity index (χ0v) is 13.3. The standard InChI is InChI=1S/C13H17Cl2NO2S/c1-9-6-10(2)8-16(7-9)19(17,18)12-5-3-4-11(14)13(12)15/h3-5,9-10H,6-8H2,1-2H3/t9-,10-/m1/s1. The zero-order valence-electron chi connectivity index (χ0n) is 10.9. The molecule has 1 heterocycles. The minimum absolute atomic E-state index is 0.1000. The van der Waals surface area contributed by atoms with Gasteiger partial charge in [0.25, 0.3) is 0 Å². The van der Waals surface area contributed by atoms with Crippen LogP contribution in [0.25, 0.3) is 0 Å². The van der Waals surface area contributed by atoms with Crippen LogP contribution in [0, 0.1) is 11.8 Å². The predicted octanol–water partition coefficient (Wildman–Crippen LogP) is 3.66. The maximum absolute atomic E-state index is 12.6. The lowest BCUT2D eigenvalue weighted by Gasteiger charge is -2.34. The average Bonchev–Trinajstić information content (AvgIpc) is 2.31. The quantitative estimate of drug-likeness (QED) is 0.833. The van der Waals surface area contributed by atoms with Crippen LogP contribution in [-0.2, 0) is 10.0 Å². The Balaban J connectivity index is 2.39. The van der Waals surface area contributed by atoms with Crippen LogP contribution < -0.4 is 0 Å². The van der Waals surface area contributed by atoms with Crippen molar-refractivity contribution < 1.29 is 8.42 Å². The second kappa shape index (κ2) is 5.60. The summed E-state index contributed by atoms with van der Waals surface area (Å²) in [6.07, 6.45) is 1.05. The molecular formula is C13H17Cl2NO2S. The number of halogens is 2. The summed E-state index contributed by atoms with van der Waals surface area (Å²) in [4.78, 5) is 0.1000. The number of piperidine rings is 1. The van der Waals surface area contributed by atoms with E-state index in [2.05, 4.69) is 13.8 Å². The third-order valence-corrected chi connectivity index (χ3v) is 6.17. The van der Waals surface area contributed by atoms with Gasteiger partial charge in [-0.3, -0.25) is 0 Å². The lowest BCUT2D eigenvalue weighted by Crippen LogP contribution is -2.42. The van der Waals surface area contributed by atoms with Crippen molar-refractivity contribution in [3.63, 3.8) is 0 Å². The fraction of sp³-hybridized carbons (Fsp3) is 0.538. The van der Waals surface area contributed by atoms with Gasteiger partial charge in [-0.1, -0.05) is 43.1 Å². The fourth-order valence-corrected chi connectivity index (χ4v) is 5.04. The van der Waals surface area contributed by atoms with E-state index in [0.29, 0.717) is 24.9 Å². The van der Waals surface area contributed by atoms with Crippen molar-refractivity contribution in [1.29, 1.82) is 0 Å². The second-order valence-corrected chi connectivity index (χ2v) is 8.01. The average molecular weight is 322 g/mol. The summed E-state index contributed by atoms with van der Waals surface area (Å²) in [5.41, 5.74) is 0. The van der Waals surface area contributed by atoms with Crippen LogP contribution in [0.4, 0.5) is 0 Å². The lowest BCUT2D eigenvalue weighted by atomic mass is 9.94. The molecule has 0 unspecified atom stereocenters. The Morgan fingerprint density at radius 1 is 1.16 bits per heavy atom. The third-order valence-electron chi connectivity index (χ3n) is 3.37. The summed E-state index contributed by atoms with van der Waals surface area (Å²) in [6.45, 7) is 5.21. The molecule has 1 aromatic rings. The van der Waals surface area contributed by atoms with Crippen LogP contribution >= 0.6 is 23.2 Å². The summed E-state index contributed by atoms with van der Waals surface area (Å²) in [5, 5.41) is 0.371. The number of nitrogens with zero attached hydrogens (tertiary/aromatic N) is 1. The minimum atomic E-state index is -3.56. The van der Waals surface area contributed by atoms with Crippen molar-refractivity contribution in [3.8, 4) is 0 Å². The zero-order chi connectivity index (χ0) is 14.2. The van der Waals surface area contributed by atoms with Gasteiger partial charge in [0.05, 0.1) is 10.0 Å². The molecule has 6 heteroatoms. The molecule has 2 atom stereocenters. The molecule has 2 rings (SSSR count). The van der Waals surface area contributed by atoms with Crippen LogP contribution in [0.1, 0.15) is 20.3 Å². The van der Waals surface area contributed by atoms with Crippen molar-refractivity contribution >= 4 is 33.2 Å². The van der Waals surface area contributed by atoms with E-state index >= 15 is 0 Å². The third kappa shape index (κ3) is 3.07. The second-order valence-electron chi connectivity index (χ2n) is 5.32. The van der Waals surface area contributed by atoms with Crippen molar-refractivity contribution in [3.05, 3.63) is 28.2 Å². The highest BCUT2D eigenvalue weighted by Crippen LogP contribution is 2.33. The molecule has 0 spiro atoms. The first-order valence-corrected chi connectivity index (χ1v) is 8.46. The van der Waals surface area contributed by atoms with Crippen molar-refractivity contribution in [2.24, 2.45) is 11.8 Å². The van der Waals surface area contributed by atoms with E-state index in [1.807, 2.05) is 0 Å². The van der Waals surface area contributed by atoms with E-state index in [4.69, 9.17) is 23.2 Å². The number of rotatable bonds is 2. The Hall–Kier alpha value is -0.290. The highest BCUT2D eigenvalue weighted by Gasteiger charge is 2.33. The molecule has 0 aliphatic carbocycles. The molecule has 0 aromatic heterocycles. The molecular weight excluding hydrogens is 305 g/mol. The number of hydrogen-bond donors (Lipinski definition) is 0. The van der Waals surface area contributed by atoms with Crippen molar-refractivity contribution in [1.82, 2.24) is 4.31 Å². The predicted molar refractivity (Wildman–Crippen MR) is 78.2 cm³/mol.